The van der Waals surface area contributed by atoms with Gasteiger partial charge in [-0.1, -0.05) is 26.0 Å². The Morgan fingerprint density at radius 3 is 2.45 bits per heavy atom. The van der Waals surface area contributed by atoms with Gasteiger partial charge in [-0.05, 0) is 33.2 Å². The van der Waals surface area contributed by atoms with Crippen LogP contribution in [0.15, 0.2) is 6.20 Å². The molecular formula is C20H36N6O3. The van der Waals surface area contributed by atoms with Crippen LogP contribution < -0.4 is 5.32 Å². The van der Waals surface area contributed by atoms with Crippen molar-refractivity contribution in [3.8, 4) is 0 Å². The first kappa shape index (κ1) is 23.3. The van der Waals surface area contributed by atoms with Crippen molar-refractivity contribution in [1.29, 1.82) is 0 Å². The zero-order valence-electron chi connectivity index (χ0n) is 18.9. The highest BCUT2D eigenvalue weighted by molar-refractivity contribution is 5.90. The normalized spacial score (nSPS) is 21.5. The van der Waals surface area contributed by atoms with E-state index in [2.05, 4.69) is 41.3 Å². The van der Waals surface area contributed by atoms with Crippen LogP contribution in [0.2, 0.25) is 0 Å². The Labute approximate surface area is 173 Å². The molecule has 0 aliphatic carbocycles. The first-order valence-corrected chi connectivity index (χ1v) is 10.1. The number of carbonyl (C=O) groups excluding carboxylic acids is 2. The molecule has 2 heterocycles. The van der Waals surface area contributed by atoms with Gasteiger partial charge in [-0.15, -0.1) is 5.10 Å². The molecule has 1 aromatic rings. The van der Waals surface area contributed by atoms with Gasteiger partial charge < -0.3 is 15.3 Å². The lowest BCUT2D eigenvalue weighted by molar-refractivity contribution is -0.144. The van der Waals surface area contributed by atoms with Gasteiger partial charge in [0.2, 0.25) is 11.8 Å². The topological polar surface area (TPSA) is 104 Å². The molecule has 164 valence electrons. The number of likely N-dealkylation sites (N-methyl/N-ethyl adjacent to an activating group) is 1. The summed E-state index contributed by atoms with van der Waals surface area (Å²) < 4.78 is 1.60. The number of likely N-dealkylation sites (tertiary alicyclic amines) is 1. The van der Waals surface area contributed by atoms with Crippen molar-refractivity contribution in [2.75, 3.05) is 20.6 Å². The van der Waals surface area contributed by atoms with Crippen molar-refractivity contribution in [1.82, 2.24) is 30.1 Å². The van der Waals surface area contributed by atoms with Crippen molar-refractivity contribution >= 4 is 11.8 Å². The zero-order chi connectivity index (χ0) is 22.1. The summed E-state index contributed by atoms with van der Waals surface area (Å²) in [4.78, 5) is 29.4. The molecule has 9 nitrogen and oxygen atoms in total. The highest BCUT2D eigenvalue weighted by Gasteiger charge is 2.45. The van der Waals surface area contributed by atoms with Crippen LogP contribution in [0.5, 0.6) is 0 Å². The summed E-state index contributed by atoms with van der Waals surface area (Å²) in [6.45, 7) is 13.0. The SMILES string of the molecule is CNC(=O)C1CC(O)CN1C(=O)[C@@H](n1cc(CN(C)C(C)(C)C)nn1)C(C)(C)C. The molecule has 1 aliphatic heterocycles. The van der Waals surface area contributed by atoms with Gasteiger partial charge in [0.15, 0.2) is 0 Å². The maximum atomic E-state index is 13.5. The Morgan fingerprint density at radius 2 is 1.93 bits per heavy atom. The number of nitrogens with one attached hydrogen (secondary N) is 1. The lowest BCUT2D eigenvalue weighted by Crippen LogP contribution is -2.49. The molecule has 2 N–H and O–H groups in total. The average molecular weight is 409 g/mol. The number of carbonyl (C=O) groups is 2. The maximum absolute atomic E-state index is 13.5. The molecule has 0 saturated carbocycles. The summed E-state index contributed by atoms with van der Waals surface area (Å²) in [7, 11) is 3.55. The number of rotatable bonds is 5. The van der Waals surface area contributed by atoms with E-state index in [1.54, 1.807) is 10.9 Å². The van der Waals surface area contributed by atoms with Crippen LogP contribution in [0.3, 0.4) is 0 Å². The maximum Gasteiger partial charge on any atom is 0.248 e. The second kappa shape index (κ2) is 8.39. The summed E-state index contributed by atoms with van der Waals surface area (Å²) >= 11 is 0. The number of aliphatic hydroxyl groups is 1. The predicted molar refractivity (Wildman–Crippen MR) is 110 cm³/mol. The Bertz CT molecular complexity index is 733. The molecule has 29 heavy (non-hydrogen) atoms. The fourth-order valence-electron chi connectivity index (χ4n) is 3.50. The number of aliphatic hydroxyl groups excluding tert-OH is 1. The van der Waals surface area contributed by atoms with Gasteiger partial charge in [-0.2, -0.15) is 0 Å². The van der Waals surface area contributed by atoms with E-state index in [0.29, 0.717) is 6.54 Å². The predicted octanol–water partition coefficient (Wildman–Crippen LogP) is 0.803. The third kappa shape index (κ3) is 5.33. The van der Waals surface area contributed by atoms with Crippen LogP contribution in [0.4, 0.5) is 0 Å². The van der Waals surface area contributed by atoms with E-state index in [4.69, 9.17) is 0 Å². The van der Waals surface area contributed by atoms with Crippen LogP contribution in [0, 0.1) is 5.41 Å². The van der Waals surface area contributed by atoms with Gasteiger partial charge in [-0.25, -0.2) is 4.68 Å². The molecule has 9 heteroatoms. The summed E-state index contributed by atoms with van der Waals surface area (Å²) in [5.41, 5.74) is 0.294. The van der Waals surface area contributed by atoms with E-state index in [1.807, 2.05) is 27.8 Å². The van der Waals surface area contributed by atoms with Crippen LogP contribution in [-0.2, 0) is 16.1 Å². The highest BCUT2D eigenvalue weighted by Crippen LogP contribution is 2.34. The largest absolute Gasteiger partial charge is 0.391 e. The second-order valence-corrected chi connectivity index (χ2v) is 10.00. The third-order valence-electron chi connectivity index (χ3n) is 5.53. The molecule has 3 atom stereocenters. The first-order valence-electron chi connectivity index (χ1n) is 10.1. The van der Waals surface area contributed by atoms with Gasteiger partial charge in [-0.3, -0.25) is 14.5 Å². The molecular weight excluding hydrogens is 372 g/mol. The van der Waals surface area contributed by atoms with E-state index >= 15 is 0 Å². The third-order valence-corrected chi connectivity index (χ3v) is 5.53. The molecule has 2 amide bonds. The fourth-order valence-corrected chi connectivity index (χ4v) is 3.50. The smallest absolute Gasteiger partial charge is 0.248 e. The summed E-state index contributed by atoms with van der Waals surface area (Å²) in [6.07, 6.45) is 1.33. The molecule has 1 aliphatic rings. The molecule has 2 unspecified atom stereocenters. The first-order chi connectivity index (χ1) is 13.3. The number of nitrogens with zero attached hydrogens (tertiary/aromatic N) is 5. The van der Waals surface area contributed by atoms with E-state index in [0.717, 1.165) is 5.69 Å². The summed E-state index contributed by atoms with van der Waals surface area (Å²) in [6, 6.07) is -1.32. The van der Waals surface area contributed by atoms with Crippen molar-refractivity contribution in [3.63, 3.8) is 0 Å². The molecule has 0 spiro atoms. The van der Waals surface area contributed by atoms with E-state index in [1.165, 1.54) is 11.9 Å². The van der Waals surface area contributed by atoms with Crippen LogP contribution in [0.25, 0.3) is 0 Å². The van der Waals surface area contributed by atoms with E-state index in [9.17, 15) is 14.7 Å². The second-order valence-electron chi connectivity index (χ2n) is 10.00. The number of aromatic nitrogens is 3. The minimum atomic E-state index is -0.714. The van der Waals surface area contributed by atoms with Crippen molar-refractivity contribution in [2.45, 2.75) is 78.2 Å². The van der Waals surface area contributed by atoms with Crippen molar-refractivity contribution in [2.24, 2.45) is 5.41 Å². The van der Waals surface area contributed by atoms with Gasteiger partial charge in [0.1, 0.15) is 12.1 Å². The summed E-state index contributed by atoms with van der Waals surface area (Å²) in [5.74, 6) is -0.503. The monoisotopic (exact) mass is 408 g/mol. The van der Waals surface area contributed by atoms with Crippen LogP contribution >= 0.6 is 0 Å². The zero-order valence-corrected chi connectivity index (χ0v) is 18.9. The average Bonchev–Trinajstić information content (AvgIpc) is 3.18. The van der Waals surface area contributed by atoms with Crippen molar-refractivity contribution < 1.29 is 14.7 Å². The fraction of sp³-hybridized carbons (Fsp3) is 0.800. The molecule has 1 aromatic heterocycles. The Morgan fingerprint density at radius 1 is 1.31 bits per heavy atom. The van der Waals surface area contributed by atoms with E-state index < -0.39 is 23.6 Å². The van der Waals surface area contributed by atoms with Crippen LogP contribution in [-0.4, -0.2) is 80.0 Å². The lowest BCUT2D eigenvalue weighted by Gasteiger charge is -2.34. The molecule has 0 radical (unpaired) electrons. The van der Waals surface area contributed by atoms with Crippen molar-refractivity contribution in [3.05, 3.63) is 11.9 Å². The lowest BCUT2D eigenvalue weighted by atomic mass is 9.85. The molecule has 2 rings (SSSR count). The molecule has 0 aromatic carbocycles. The highest BCUT2D eigenvalue weighted by atomic mass is 16.3. The minimum Gasteiger partial charge on any atom is -0.391 e. The van der Waals surface area contributed by atoms with Gasteiger partial charge in [0, 0.05) is 32.1 Å². The van der Waals surface area contributed by atoms with Gasteiger partial charge in [0.25, 0.3) is 0 Å². The van der Waals surface area contributed by atoms with Gasteiger partial charge >= 0.3 is 0 Å². The summed E-state index contributed by atoms with van der Waals surface area (Å²) in [5, 5.41) is 21.2. The Hall–Kier alpha value is -2.00. The number of β-amino-alcohol motifs (C(OH)–C–C–N with tert-alkyl or cyclic N) is 1. The number of hydrogen-bond donors (Lipinski definition) is 2. The number of hydrogen-bond acceptors (Lipinski definition) is 6. The van der Waals surface area contributed by atoms with E-state index in [-0.39, 0.29) is 30.3 Å². The number of amides is 2. The molecule has 1 fully saturated rings. The molecule has 0 bridgehead atoms. The quantitative estimate of drug-likeness (QED) is 0.747. The van der Waals surface area contributed by atoms with Gasteiger partial charge in [0.05, 0.1) is 18.0 Å². The molecule has 1 saturated heterocycles. The Kier molecular flexibility index (Phi) is 6.74. The minimum absolute atomic E-state index is 0.0184. The Balaban J connectivity index is 2.31. The standard InChI is InChI=1S/C20H36N6O3/c1-19(2,3)16(18(29)25-12-14(27)9-15(25)17(28)21-7)26-11-13(22-23-26)10-24(8)20(4,5)6/h11,14-16,27H,9-10,12H2,1-8H3,(H,21,28)/t14?,15?,16-/m1/s1. The van der Waals surface area contributed by atoms with Crippen LogP contribution in [0.1, 0.15) is 59.7 Å².